The van der Waals surface area contributed by atoms with Gasteiger partial charge in [-0.1, -0.05) is 81.3 Å². The topological polar surface area (TPSA) is 20.3 Å². The lowest BCUT2D eigenvalue weighted by atomic mass is 10.1. The zero-order chi connectivity index (χ0) is 29.2. The lowest BCUT2D eigenvalue weighted by molar-refractivity contribution is -0.123. The molecule has 0 atom stereocenters. The summed E-state index contributed by atoms with van der Waals surface area (Å²) in [5.41, 5.74) is 12.9. The van der Waals surface area contributed by atoms with E-state index in [1.54, 1.807) is 23.1 Å². The number of carbonyl (C=O) groups excluding carboxylic acids is 1. The highest BCUT2D eigenvalue weighted by Gasteiger charge is 2.24. The number of carbonyl (C=O) groups is 1. The Labute approximate surface area is 225 Å². The highest BCUT2D eigenvalue weighted by molar-refractivity contribution is 5.99. The van der Waals surface area contributed by atoms with E-state index < -0.39 is 0 Å². The molecule has 0 saturated carbocycles. The fourth-order valence-electron chi connectivity index (χ4n) is 2.97. The number of hydrogen-bond donors (Lipinski definition) is 0. The first-order valence-electron chi connectivity index (χ1n) is 13.4. The maximum atomic E-state index is 11.1. The van der Waals surface area contributed by atoms with Crippen molar-refractivity contribution in [1.29, 1.82) is 0 Å². The summed E-state index contributed by atoms with van der Waals surface area (Å²) < 4.78 is 0. The van der Waals surface area contributed by atoms with E-state index in [0.29, 0.717) is 0 Å². The van der Waals surface area contributed by atoms with Gasteiger partial charge in [-0.15, -0.1) is 0 Å². The Morgan fingerprint density at radius 1 is 0.750 bits per heavy atom. The van der Waals surface area contributed by atoms with Crippen molar-refractivity contribution in [3.8, 4) is 0 Å². The first kappa shape index (κ1) is 37.9. The monoisotopic (exact) mass is 495 g/mol. The third-order valence-corrected chi connectivity index (χ3v) is 6.40. The second-order valence-corrected chi connectivity index (χ2v) is 9.00. The SMILES string of the molecule is C=C1C(C)=C(C)C(=O)N1C.CC.CC.CC1=C(C)C(C)=C(C)C1.CC=C(C)C.Cc1ccccc1C. The van der Waals surface area contributed by atoms with Crippen LogP contribution in [-0.2, 0) is 4.79 Å². The summed E-state index contributed by atoms with van der Waals surface area (Å²) in [5, 5.41) is 0. The van der Waals surface area contributed by atoms with Gasteiger partial charge in [0.15, 0.2) is 0 Å². The van der Waals surface area contributed by atoms with Crippen molar-refractivity contribution in [3.63, 3.8) is 0 Å². The van der Waals surface area contributed by atoms with Crippen molar-refractivity contribution in [2.45, 2.75) is 110 Å². The fourth-order valence-corrected chi connectivity index (χ4v) is 2.97. The molecule has 204 valence electrons. The summed E-state index contributed by atoms with van der Waals surface area (Å²) in [6.07, 6.45) is 3.29. The Kier molecular flexibility index (Phi) is 21.7. The van der Waals surface area contributed by atoms with Crippen molar-refractivity contribution in [2.75, 3.05) is 7.05 Å². The van der Waals surface area contributed by atoms with Crippen molar-refractivity contribution >= 4 is 5.91 Å². The van der Waals surface area contributed by atoms with Gasteiger partial charge in [-0.05, 0) is 110 Å². The number of nitrogens with zero attached hydrogens (tertiary/aromatic N) is 1. The van der Waals surface area contributed by atoms with E-state index in [-0.39, 0.29) is 5.91 Å². The number of rotatable bonds is 0. The van der Waals surface area contributed by atoms with Crippen LogP contribution in [0.3, 0.4) is 0 Å². The van der Waals surface area contributed by atoms with Gasteiger partial charge in [-0.2, -0.15) is 0 Å². The molecule has 0 unspecified atom stereocenters. The molecule has 36 heavy (non-hydrogen) atoms. The van der Waals surface area contributed by atoms with Gasteiger partial charge in [0.05, 0.1) is 0 Å². The lowest BCUT2D eigenvalue weighted by Gasteiger charge is -2.09. The number of benzene rings is 1. The summed E-state index contributed by atoms with van der Waals surface area (Å²) in [6, 6.07) is 8.36. The Balaban J connectivity index is -0.000000393. The minimum Gasteiger partial charge on any atom is -0.312 e. The van der Waals surface area contributed by atoms with Crippen LogP contribution < -0.4 is 0 Å². The van der Waals surface area contributed by atoms with Crippen LogP contribution in [0.5, 0.6) is 0 Å². The molecule has 0 bridgehead atoms. The Bertz CT molecular complexity index is 880. The molecular formula is C34H57NO. The first-order valence-corrected chi connectivity index (χ1v) is 13.4. The van der Waals surface area contributed by atoms with Crippen LogP contribution in [0.25, 0.3) is 0 Å². The van der Waals surface area contributed by atoms with Crippen molar-refractivity contribution < 1.29 is 4.79 Å². The van der Waals surface area contributed by atoms with Crippen LogP contribution in [-0.4, -0.2) is 17.9 Å². The predicted molar refractivity (Wildman–Crippen MR) is 165 cm³/mol. The summed E-state index contributed by atoms with van der Waals surface area (Å²) in [7, 11) is 1.74. The normalized spacial score (nSPS) is 13.7. The Hall–Kier alpha value is -2.61. The van der Waals surface area contributed by atoms with E-state index in [2.05, 4.69) is 92.3 Å². The molecule has 1 heterocycles. The van der Waals surface area contributed by atoms with Gasteiger partial charge in [-0.25, -0.2) is 0 Å². The fraction of sp³-hybridized carbons (Fsp3) is 0.500. The van der Waals surface area contributed by atoms with Crippen molar-refractivity contribution in [3.05, 3.63) is 92.8 Å². The molecule has 0 radical (unpaired) electrons. The molecule has 2 nitrogen and oxygen atoms in total. The molecule has 0 saturated heterocycles. The van der Waals surface area contributed by atoms with Crippen LogP contribution in [0.15, 0.2) is 81.6 Å². The smallest absolute Gasteiger partial charge is 0.253 e. The molecule has 1 aliphatic heterocycles. The van der Waals surface area contributed by atoms with E-state index in [4.69, 9.17) is 0 Å². The number of aryl methyl sites for hydroxylation is 2. The third-order valence-electron chi connectivity index (χ3n) is 6.40. The highest BCUT2D eigenvalue weighted by atomic mass is 16.2. The molecule has 1 aromatic rings. The van der Waals surface area contributed by atoms with Crippen LogP contribution in [0.1, 0.15) is 108 Å². The van der Waals surface area contributed by atoms with Crippen LogP contribution >= 0.6 is 0 Å². The average molecular weight is 496 g/mol. The van der Waals surface area contributed by atoms with Crippen LogP contribution in [0.2, 0.25) is 0 Å². The predicted octanol–water partition coefficient (Wildman–Crippen LogP) is 10.7. The first-order chi connectivity index (χ1) is 16.8. The van der Waals surface area contributed by atoms with Gasteiger partial charge in [0.2, 0.25) is 0 Å². The van der Waals surface area contributed by atoms with Crippen molar-refractivity contribution in [1.82, 2.24) is 4.90 Å². The van der Waals surface area contributed by atoms with E-state index in [9.17, 15) is 4.79 Å². The van der Waals surface area contributed by atoms with Crippen LogP contribution in [0, 0.1) is 13.8 Å². The zero-order valence-electron chi connectivity index (χ0n) is 26.7. The summed E-state index contributed by atoms with van der Waals surface area (Å²) in [6.45, 7) is 34.8. The largest absolute Gasteiger partial charge is 0.312 e. The molecule has 2 aliphatic rings. The average Bonchev–Trinajstić information content (AvgIpc) is 3.20. The molecule has 3 rings (SSSR count). The van der Waals surface area contributed by atoms with Gasteiger partial charge in [0, 0.05) is 18.3 Å². The summed E-state index contributed by atoms with van der Waals surface area (Å²) in [5.74, 6) is 0.0718. The molecule has 0 aromatic heterocycles. The standard InChI is InChI=1S/C9H14.C8H11NO.C8H10.C5H10.2C2H6/c1-6-5-7(2)9(4)8(6)3;1-5-6(2)8(10)9(4)7(5)3;1-7-5-3-4-6-8(7)2;1-4-5(2)3;2*1-2/h5H2,1-4H3;3H2,1-2,4H3;3-6H,1-2H3;4H,1-3H3;2*1-2H3. The molecule has 0 spiro atoms. The number of likely N-dealkylation sites (N-methyl/N-ethyl adjacent to an activating group) is 1. The summed E-state index contributed by atoms with van der Waals surface area (Å²) >= 11 is 0. The zero-order valence-corrected chi connectivity index (χ0v) is 26.7. The second kappa shape index (κ2) is 20.6. The van der Waals surface area contributed by atoms with Gasteiger partial charge in [0.1, 0.15) is 0 Å². The van der Waals surface area contributed by atoms with E-state index >= 15 is 0 Å². The highest BCUT2D eigenvalue weighted by Crippen LogP contribution is 2.30. The molecule has 0 N–H and O–H groups in total. The molecule has 0 fully saturated rings. The quantitative estimate of drug-likeness (QED) is 0.328. The maximum absolute atomic E-state index is 11.1. The molecule has 2 heteroatoms. The summed E-state index contributed by atoms with van der Waals surface area (Å²) in [4.78, 5) is 12.7. The van der Waals surface area contributed by atoms with E-state index in [0.717, 1.165) is 16.8 Å². The third kappa shape index (κ3) is 13.5. The van der Waals surface area contributed by atoms with Gasteiger partial charge in [-0.3, -0.25) is 4.79 Å². The van der Waals surface area contributed by atoms with Gasteiger partial charge in [0.25, 0.3) is 5.91 Å². The maximum Gasteiger partial charge on any atom is 0.253 e. The number of hydrogen-bond acceptors (Lipinski definition) is 1. The van der Waals surface area contributed by atoms with Crippen molar-refractivity contribution in [2.24, 2.45) is 0 Å². The number of amides is 1. The molecule has 1 aliphatic carbocycles. The van der Waals surface area contributed by atoms with E-state index in [1.807, 2.05) is 48.5 Å². The molecule has 1 aromatic carbocycles. The lowest BCUT2D eigenvalue weighted by Crippen LogP contribution is -2.19. The minimum absolute atomic E-state index is 0.0718. The minimum atomic E-state index is 0.0718. The molecule has 1 amide bonds. The Morgan fingerprint density at radius 3 is 1.19 bits per heavy atom. The van der Waals surface area contributed by atoms with Gasteiger partial charge < -0.3 is 4.90 Å². The van der Waals surface area contributed by atoms with Gasteiger partial charge >= 0.3 is 0 Å². The second-order valence-electron chi connectivity index (χ2n) is 9.00. The van der Waals surface area contributed by atoms with E-state index in [1.165, 1.54) is 34.3 Å². The van der Waals surface area contributed by atoms with Crippen LogP contribution in [0.4, 0.5) is 0 Å². The molecular weight excluding hydrogens is 438 g/mol. The number of allylic oxidation sites excluding steroid dienone is 7. The Morgan fingerprint density at radius 2 is 1.08 bits per heavy atom.